The number of rotatable bonds is 9. The summed E-state index contributed by atoms with van der Waals surface area (Å²) in [6.45, 7) is 0.900. The Morgan fingerprint density at radius 1 is 0.743 bits per heavy atom. The van der Waals surface area contributed by atoms with Crippen LogP contribution >= 0.6 is 0 Å². The van der Waals surface area contributed by atoms with Crippen LogP contribution in [-0.4, -0.2) is 29.1 Å². The SMILES string of the molecule is O=C(Oc1ccc([N+](=O)[O-])cc1)N(CCOc1ccc(-c2ccccc2)cc1)Cc1ccccc1. The van der Waals surface area contributed by atoms with E-state index in [1.807, 2.05) is 84.9 Å². The van der Waals surface area contributed by atoms with Crippen LogP contribution in [0.25, 0.3) is 11.1 Å². The Hall–Kier alpha value is -4.65. The number of nitro benzene ring substituents is 1. The Balaban J connectivity index is 1.39. The summed E-state index contributed by atoms with van der Waals surface area (Å²) in [6, 6.07) is 32.8. The number of hydrogen-bond acceptors (Lipinski definition) is 5. The molecule has 0 N–H and O–H groups in total. The molecule has 0 bridgehead atoms. The maximum atomic E-state index is 12.9. The first-order valence-electron chi connectivity index (χ1n) is 11.1. The molecule has 0 fully saturated rings. The highest BCUT2D eigenvalue weighted by Crippen LogP contribution is 2.22. The van der Waals surface area contributed by atoms with Crippen molar-refractivity contribution in [3.8, 4) is 22.6 Å². The third kappa shape index (κ3) is 6.68. The minimum absolute atomic E-state index is 0.0716. The van der Waals surface area contributed by atoms with E-state index in [0.29, 0.717) is 18.8 Å². The van der Waals surface area contributed by atoms with Gasteiger partial charge in [-0.15, -0.1) is 0 Å². The predicted octanol–water partition coefficient (Wildman–Crippen LogP) is 6.34. The van der Waals surface area contributed by atoms with Crippen LogP contribution in [0, 0.1) is 10.1 Å². The van der Waals surface area contributed by atoms with Crippen LogP contribution in [0.5, 0.6) is 11.5 Å². The molecule has 35 heavy (non-hydrogen) atoms. The van der Waals surface area contributed by atoms with Gasteiger partial charge in [0.15, 0.2) is 0 Å². The van der Waals surface area contributed by atoms with Crippen molar-refractivity contribution in [1.29, 1.82) is 0 Å². The van der Waals surface area contributed by atoms with Crippen molar-refractivity contribution in [2.75, 3.05) is 13.2 Å². The Bertz CT molecular complexity index is 1240. The Morgan fingerprint density at radius 2 is 1.31 bits per heavy atom. The molecular formula is C28H24N2O5. The molecular weight excluding hydrogens is 444 g/mol. The van der Waals surface area contributed by atoms with Crippen molar-refractivity contribution < 1.29 is 19.2 Å². The van der Waals surface area contributed by atoms with Gasteiger partial charge in [0.05, 0.1) is 11.5 Å². The molecule has 0 atom stereocenters. The standard InChI is InChI=1S/C28H24N2O5/c31-28(35-27-17-13-25(14-18-27)30(32)33)29(21-22-7-3-1-4-8-22)19-20-34-26-15-11-24(12-16-26)23-9-5-2-6-10-23/h1-18H,19-21H2. The van der Waals surface area contributed by atoms with Crippen molar-refractivity contribution >= 4 is 11.8 Å². The van der Waals surface area contributed by atoms with Crippen LogP contribution in [-0.2, 0) is 6.54 Å². The molecule has 4 aromatic carbocycles. The third-order valence-electron chi connectivity index (χ3n) is 5.32. The van der Waals surface area contributed by atoms with Gasteiger partial charge in [0.2, 0.25) is 0 Å². The molecule has 0 radical (unpaired) electrons. The van der Waals surface area contributed by atoms with Gasteiger partial charge in [0, 0.05) is 18.7 Å². The largest absolute Gasteiger partial charge is 0.492 e. The van der Waals surface area contributed by atoms with E-state index in [1.54, 1.807) is 0 Å². The number of ether oxygens (including phenoxy) is 2. The van der Waals surface area contributed by atoms with Crippen LogP contribution in [0.1, 0.15) is 5.56 Å². The first-order valence-corrected chi connectivity index (χ1v) is 11.1. The van der Waals surface area contributed by atoms with Gasteiger partial charge in [-0.1, -0.05) is 72.8 Å². The average Bonchev–Trinajstić information content (AvgIpc) is 2.90. The summed E-state index contributed by atoms with van der Waals surface area (Å²) in [7, 11) is 0. The maximum absolute atomic E-state index is 12.9. The highest BCUT2D eigenvalue weighted by atomic mass is 16.6. The van der Waals surface area contributed by atoms with Crippen LogP contribution in [0.2, 0.25) is 0 Å². The van der Waals surface area contributed by atoms with Gasteiger partial charge in [0.25, 0.3) is 5.69 Å². The molecule has 0 saturated carbocycles. The van der Waals surface area contributed by atoms with E-state index in [0.717, 1.165) is 16.7 Å². The Morgan fingerprint density at radius 3 is 1.94 bits per heavy atom. The lowest BCUT2D eigenvalue weighted by atomic mass is 10.1. The smallest absolute Gasteiger partial charge is 0.415 e. The molecule has 7 nitrogen and oxygen atoms in total. The average molecular weight is 469 g/mol. The predicted molar refractivity (Wildman–Crippen MR) is 133 cm³/mol. The molecule has 0 aromatic heterocycles. The van der Waals surface area contributed by atoms with Crippen molar-refractivity contribution in [3.63, 3.8) is 0 Å². The number of carbonyl (C=O) groups is 1. The monoisotopic (exact) mass is 468 g/mol. The molecule has 0 saturated heterocycles. The van der Waals surface area contributed by atoms with Crippen molar-refractivity contribution in [3.05, 3.63) is 125 Å². The number of nitrogens with zero attached hydrogens (tertiary/aromatic N) is 2. The zero-order valence-electron chi connectivity index (χ0n) is 18.9. The van der Waals surface area contributed by atoms with Gasteiger partial charge in [-0.3, -0.25) is 10.1 Å². The fourth-order valence-corrected chi connectivity index (χ4v) is 3.49. The molecule has 7 heteroatoms. The molecule has 0 heterocycles. The number of carbonyl (C=O) groups excluding carboxylic acids is 1. The molecule has 0 aliphatic heterocycles. The lowest BCUT2D eigenvalue weighted by molar-refractivity contribution is -0.384. The fraction of sp³-hybridized carbons (Fsp3) is 0.107. The summed E-state index contributed by atoms with van der Waals surface area (Å²) in [6.07, 6.45) is -0.564. The molecule has 4 rings (SSSR count). The van der Waals surface area contributed by atoms with E-state index < -0.39 is 11.0 Å². The van der Waals surface area contributed by atoms with Gasteiger partial charge in [-0.25, -0.2) is 4.79 Å². The molecule has 0 aliphatic rings. The maximum Gasteiger partial charge on any atom is 0.415 e. The third-order valence-corrected chi connectivity index (χ3v) is 5.32. The Labute approximate surface area is 203 Å². The normalized spacial score (nSPS) is 10.4. The van der Waals surface area contributed by atoms with E-state index in [-0.39, 0.29) is 18.0 Å². The number of nitro groups is 1. The first-order chi connectivity index (χ1) is 17.1. The van der Waals surface area contributed by atoms with E-state index in [4.69, 9.17) is 9.47 Å². The minimum atomic E-state index is -0.564. The van der Waals surface area contributed by atoms with E-state index >= 15 is 0 Å². The summed E-state index contributed by atoms with van der Waals surface area (Å²) in [5.74, 6) is 0.934. The van der Waals surface area contributed by atoms with Crippen molar-refractivity contribution in [1.82, 2.24) is 4.90 Å². The van der Waals surface area contributed by atoms with Crippen molar-refractivity contribution in [2.45, 2.75) is 6.54 Å². The second-order valence-corrected chi connectivity index (χ2v) is 7.76. The lowest BCUT2D eigenvalue weighted by Gasteiger charge is -2.22. The molecule has 0 spiro atoms. The summed E-state index contributed by atoms with van der Waals surface area (Å²) < 4.78 is 11.3. The number of benzene rings is 4. The second kappa shape index (κ2) is 11.5. The lowest BCUT2D eigenvalue weighted by Crippen LogP contribution is -2.36. The van der Waals surface area contributed by atoms with Gasteiger partial charge in [0.1, 0.15) is 18.1 Å². The molecule has 0 unspecified atom stereocenters. The number of amides is 1. The van der Waals surface area contributed by atoms with Gasteiger partial charge < -0.3 is 14.4 Å². The van der Waals surface area contributed by atoms with E-state index in [1.165, 1.54) is 29.2 Å². The summed E-state index contributed by atoms with van der Waals surface area (Å²) in [5, 5.41) is 10.8. The highest BCUT2D eigenvalue weighted by molar-refractivity contribution is 5.71. The van der Waals surface area contributed by atoms with Crippen LogP contribution in [0.15, 0.2) is 109 Å². The van der Waals surface area contributed by atoms with Crippen LogP contribution in [0.4, 0.5) is 10.5 Å². The minimum Gasteiger partial charge on any atom is -0.492 e. The number of hydrogen-bond donors (Lipinski definition) is 0. The van der Waals surface area contributed by atoms with Crippen LogP contribution in [0.3, 0.4) is 0 Å². The van der Waals surface area contributed by atoms with Crippen molar-refractivity contribution in [2.24, 2.45) is 0 Å². The molecule has 1 amide bonds. The van der Waals surface area contributed by atoms with Gasteiger partial charge in [-0.05, 0) is 41.0 Å². The molecule has 4 aromatic rings. The van der Waals surface area contributed by atoms with E-state index in [2.05, 4.69) is 0 Å². The quantitative estimate of drug-likeness (QED) is 0.211. The first kappa shape index (κ1) is 23.5. The van der Waals surface area contributed by atoms with Gasteiger partial charge in [-0.2, -0.15) is 0 Å². The van der Waals surface area contributed by atoms with Crippen LogP contribution < -0.4 is 9.47 Å². The highest BCUT2D eigenvalue weighted by Gasteiger charge is 2.17. The van der Waals surface area contributed by atoms with E-state index in [9.17, 15) is 14.9 Å². The second-order valence-electron chi connectivity index (χ2n) is 7.76. The summed E-state index contributed by atoms with van der Waals surface area (Å²) in [5.41, 5.74) is 3.09. The fourth-order valence-electron chi connectivity index (χ4n) is 3.49. The molecule has 176 valence electrons. The summed E-state index contributed by atoms with van der Waals surface area (Å²) >= 11 is 0. The topological polar surface area (TPSA) is 81.9 Å². The Kier molecular flexibility index (Phi) is 7.70. The number of non-ortho nitro benzene ring substituents is 1. The molecule has 0 aliphatic carbocycles. The zero-order chi connectivity index (χ0) is 24.5. The van der Waals surface area contributed by atoms with Gasteiger partial charge >= 0.3 is 6.09 Å². The zero-order valence-corrected chi connectivity index (χ0v) is 18.9. The summed E-state index contributed by atoms with van der Waals surface area (Å²) in [4.78, 5) is 24.8.